The molecule has 0 unspecified atom stereocenters. The zero-order valence-corrected chi connectivity index (χ0v) is 13.2. The van der Waals surface area contributed by atoms with Crippen LogP contribution in [0.2, 0.25) is 0 Å². The van der Waals surface area contributed by atoms with E-state index in [1.165, 1.54) is 11.1 Å². The maximum absolute atomic E-state index is 12.1. The fourth-order valence-corrected chi connectivity index (χ4v) is 2.61. The van der Waals surface area contributed by atoms with E-state index in [4.69, 9.17) is 0 Å². The van der Waals surface area contributed by atoms with Crippen molar-refractivity contribution in [3.8, 4) is 0 Å². The highest BCUT2D eigenvalue weighted by Gasteiger charge is 2.08. The van der Waals surface area contributed by atoms with Gasteiger partial charge in [0.2, 0.25) is 0 Å². The van der Waals surface area contributed by atoms with Crippen LogP contribution in [-0.4, -0.2) is 5.91 Å². The van der Waals surface area contributed by atoms with E-state index in [1.54, 1.807) is 0 Å². The summed E-state index contributed by atoms with van der Waals surface area (Å²) in [6.45, 7) is 4.14. The molecule has 0 bridgehead atoms. The lowest BCUT2D eigenvalue weighted by Crippen LogP contribution is -2.12. The number of benzene rings is 2. The van der Waals surface area contributed by atoms with Gasteiger partial charge in [0, 0.05) is 9.13 Å². The number of anilines is 1. The molecular weight excluding hydrogens is 349 g/mol. The summed E-state index contributed by atoms with van der Waals surface area (Å²) in [4.78, 5) is 12.1. The van der Waals surface area contributed by atoms with Crippen molar-refractivity contribution in [3.63, 3.8) is 0 Å². The first-order valence-electron chi connectivity index (χ1n) is 6.26. The van der Waals surface area contributed by atoms with E-state index < -0.39 is 0 Å². The third-order valence-electron chi connectivity index (χ3n) is 3.00. The van der Waals surface area contributed by atoms with E-state index in [9.17, 15) is 4.79 Å². The van der Waals surface area contributed by atoms with Gasteiger partial charge in [-0.25, -0.2) is 0 Å². The van der Waals surface area contributed by atoms with Gasteiger partial charge in [0.1, 0.15) is 0 Å². The van der Waals surface area contributed by atoms with Gasteiger partial charge in [-0.2, -0.15) is 0 Å². The van der Waals surface area contributed by atoms with Crippen molar-refractivity contribution in [2.45, 2.75) is 20.3 Å². The summed E-state index contributed by atoms with van der Waals surface area (Å²) in [6, 6.07) is 13.7. The van der Waals surface area contributed by atoms with Crippen LogP contribution in [-0.2, 0) is 6.42 Å². The van der Waals surface area contributed by atoms with Crippen molar-refractivity contribution in [1.82, 2.24) is 0 Å². The van der Waals surface area contributed by atoms with Gasteiger partial charge in [0.15, 0.2) is 0 Å². The summed E-state index contributed by atoms with van der Waals surface area (Å²) >= 11 is 2.24. The third-order valence-corrected chi connectivity index (χ3v) is 3.89. The zero-order valence-electron chi connectivity index (χ0n) is 11.0. The Kier molecular flexibility index (Phi) is 4.58. The zero-order chi connectivity index (χ0) is 13.8. The summed E-state index contributed by atoms with van der Waals surface area (Å²) < 4.78 is 1.05. The summed E-state index contributed by atoms with van der Waals surface area (Å²) in [5.41, 5.74) is 3.97. The van der Waals surface area contributed by atoms with Crippen molar-refractivity contribution in [1.29, 1.82) is 0 Å². The van der Waals surface area contributed by atoms with Gasteiger partial charge >= 0.3 is 0 Å². The molecule has 0 spiro atoms. The van der Waals surface area contributed by atoms with Crippen LogP contribution in [0.3, 0.4) is 0 Å². The van der Waals surface area contributed by atoms with Crippen molar-refractivity contribution in [3.05, 3.63) is 62.7 Å². The van der Waals surface area contributed by atoms with Crippen LogP contribution >= 0.6 is 22.6 Å². The summed E-state index contributed by atoms with van der Waals surface area (Å²) in [6.07, 6.45) is 0.984. The smallest absolute Gasteiger partial charge is 0.255 e. The fraction of sp³-hybridized carbons (Fsp3) is 0.188. The quantitative estimate of drug-likeness (QED) is 0.802. The van der Waals surface area contributed by atoms with Crippen LogP contribution in [0.15, 0.2) is 42.5 Å². The number of rotatable bonds is 3. The summed E-state index contributed by atoms with van der Waals surface area (Å²) in [5.74, 6) is -0.0653. The normalized spacial score (nSPS) is 10.3. The van der Waals surface area contributed by atoms with Gasteiger partial charge in [0.05, 0.1) is 5.69 Å². The number of hydrogen-bond donors (Lipinski definition) is 1. The molecule has 0 aliphatic heterocycles. The molecule has 1 amide bonds. The second kappa shape index (κ2) is 6.19. The number of halogens is 1. The molecule has 0 aliphatic carbocycles. The van der Waals surface area contributed by atoms with Crippen molar-refractivity contribution < 1.29 is 4.79 Å². The number of nitrogens with one attached hydrogen (secondary N) is 1. The van der Waals surface area contributed by atoms with Gasteiger partial charge in [-0.05, 0) is 71.3 Å². The SMILES string of the molecule is CCc1ccc(C(=O)Nc2ccc(C)cc2I)cc1. The number of carbonyl (C=O) groups is 1. The molecule has 0 aromatic heterocycles. The first-order valence-corrected chi connectivity index (χ1v) is 7.34. The van der Waals surface area contributed by atoms with E-state index in [1.807, 2.05) is 43.3 Å². The Bertz CT molecular complexity index is 590. The minimum atomic E-state index is -0.0653. The molecule has 3 heteroatoms. The van der Waals surface area contributed by atoms with E-state index in [-0.39, 0.29) is 5.91 Å². The lowest BCUT2D eigenvalue weighted by Gasteiger charge is -2.08. The molecule has 19 heavy (non-hydrogen) atoms. The standard InChI is InChI=1S/C16H16INO/c1-3-12-5-7-13(8-6-12)16(19)18-15-9-4-11(2)10-14(15)17/h4-10H,3H2,1-2H3,(H,18,19). The average molecular weight is 365 g/mol. The van der Waals surface area contributed by atoms with Crippen LogP contribution < -0.4 is 5.32 Å². The van der Waals surface area contributed by atoms with Gasteiger partial charge < -0.3 is 5.32 Å². The molecule has 0 saturated carbocycles. The topological polar surface area (TPSA) is 29.1 Å². The Hall–Kier alpha value is -1.36. The predicted octanol–water partition coefficient (Wildman–Crippen LogP) is 4.41. The van der Waals surface area contributed by atoms with Crippen molar-refractivity contribution in [2.75, 3.05) is 5.32 Å². The summed E-state index contributed by atoms with van der Waals surface area (Å²) in [7, 11) is 0. The predicted molar refractivity (Wildman–Crippen MR) is 87.7 cm³/mol. The molecule has 0 fully saturated rings. The number of hydrogen-bond acceptors (Lipinski definition) is 1. The molecule has 0 heterocycles. The van der Waals surface area contributed by atoms with Gasteiger partial charge in [-0.15, -0.1) is 0 Å². The molecule has 0 saturated heterocycles. The van der Waals surface area contributed by atoms with Crippen molar-refractivity contribution in [2.24, 2.45) is 0 Å². The molecule has 2 rings (SSSR count). The average Bonchev–Trinajstić information content (AvgIpc) is 2.42. The first kappa shape index (κ1) is 14.1. The highest BCUT2D eigenvalue weighted by Crippen LogP contribution is 2.20. The molecule has 1 N–H and O–H groups in total. The largest absolute Gasteiger partial charge is 0.321 e. The van der Waals surface area contributed by atoms with Gasteiger partial charge in [0.25, 0.3) is 5.91 Å². The van der Waals surface area contributed by atoms with Crippen LogP contribution in [0.25, 0.3) is 0 Å². The molecule has 2 nitrogen and oxygen atoms in total. The Morgan fingerprint density at radius 2 is 1.84 bits per heavy atom. The number of aryl methyl sites for hydroxylation is 2. The Labute approximate surface area is 127 Å². The van der Waals surface area contributed by atoms with E-state index in [0.29, 0.717) is 5.56 Å². The van der Waals surface area contributed by atoms with Crippen LogP contribution in [0.5, 0.6) is 0 Å². The molecule has 0 aliphatic rings. The second-order valence-corrected chi connectivity index (χ2v) is 5.65. The van der Waals surface area contributed by atoms with Gasteiger partial charge in [-0.1, -0.05) is 25.1 Å². The number of carbonyl (C=O) groups excluding carboxylic acids is 1. The molecule has 0 atom stereocenters. The Morgan fingerprint density at radius 3 is 2.42 bits per heavy atom. The van der Waals surface area contributed by atoms with E-state index in [2.05, 4.69) is 40.9 Å². The Morgan fingerprint density at radius 1 is 1.16 bits per heavy atom. The Balaban J connectivity index is 2.15. The summed E-state index contributed by atoms with van der Waals surface area (Å²) in [5, 5.41) is 2.94. The molecule has 2 aromatic rings. The minimum absolute atomic E-state index is 0.0653. The van der Waals surface area contributed by atoms with Crippen molar-refractivity contribution >= 4 is 34.2 Å². The van der Waals surface area contributed by atoms with Crippen LogP contribution in [0.1, 0.15) is 28.4 Å². The molecule has 98 valence electrons. The molecule has 0 radical (unpaired) electrons. The third kappa shape index (κ3) is 3.56. The van der Waals surface area contributed by atoms with E-state index >= 15 is 0 Å². The van der Waals surface area contributed by atoms with Gasteiger partial charge in [-0.3, -0.25) is 4.79 Å². The lowest BCUT2D eigenvalue weighted by atomic mass is 10.1. The monoisotopic (exact) mass is 365 g/mol. The maximum atomic E-state index is 12.1. The second-order valence-electron chi connectivity index (χ2n) is 4.49. The highest BCUT2D eigenvalue weighted by atomic mass is 127. The maximum Gasteiger partial charge on any atom is 0.255 e. The van der Waals surface area contributed by atoms with Crippen LogP contribution in [0, 0.1) is 10.5 Å². The lowest BCUT2D eigenvalue weighted by molar-refractivity contribution is 0.102. The number of amides is 1. The highest BCUT2D eigenvalue weighted by molar-refractivity contribution is 14.1. The molecule has 2 aromatic carbocycles. The molecular formula is C16H16INO. The van der Waals surface area contributed by atoms with E-state index in [0.717, 1.165) is 15.7 Å². The first-order chi connectivity index (χ1) is 9.10. The fourth-order valence-electron chi connectivity index (χ4n) is 1.81. The minimum Gasteiger partial charge on any atom is -0.321 e. The van der Waals surface area contributed by atoms with Crippen LogP contribution in [0.4, 0.5) is 5.69 Å².